The molecule has 1 heterocycles. The van der Waals surface area contributed by atoms with Crippen LogP contribution in [0.25, 0.3) is 16.9 Å². The van der Waals surface area contributed by atoms with Crippen molar-refractivity contribution in [3.8, 4) is 28.4 Å². The largest absolute Gasteiger partial charge is 0.457 e. The van der Waals surface area contributed by atoms with E-state index in [2.05, 4.69) is 29.9 Å². The average molecular weight is 489 g/mol. The van der Waals surface area contributed by atoms with Crippen LogP contribution < -0.4 is 10.1 Å². The summed E-state index contributed by atoms with van der Waals surface area (Å²) in [6, 6.07) is 22.8. The Kier molecular flexibility index (Phi) is 7.42. The molecule has 4 rings (SSSR count). The normalized spacial score (nSPS) is 10.9. The molecule has 1 N–H and O–H groups in total. The van der Waals surface area contributed by atoms with Crippen molar-refractivity contribution in [1.82, 2.24) is 14.5 Å². The lowest BCUT2D eigenvalue weighted by Gasteiger charge is -2.12. The lowest BCUT2D eigenvalue weighted by Crippen LogP contribution is -2.27. The fourth-order valence-corrected chi connectivity index (χ4v) is 3.69. The second-order valence-electron chi connectivity index (χ2n) is 8.96. The van der Waals surface area contributed by atoms with E-state index in [4.69, 9.17) is 21.3 Å². The molecule has 2 amide bonds. The molecule has 0 saturated carbocycles. The van der Waals surface area contributed by atoms with Gasteiger partial charge in [-0.3, -0.25) is 0 Å². The number of rotatable bonds is 7. The Labute approximate surface area is 211 Å². The summed E-state index contributed by atoms with van der Waals surface area (Å²) in [5.74, 6) is 2.93. The Morgan fingerprint density at radius 2 is 1.57 bits per heavy atom. The summed E-state index contributed by atoms with van der Waals surface area (Å²) >= 11 is 5.96. The van der Waals surface area contributed by atoms with Gasteiger partial charge in [-0.25, -0.2) is 9.78 Å². The number of amides is 2. The van der Waals surface area contributed by atoms with E-state index in [9.17, 15) is 4.79 Å². The van der Waals surface area contributed by atoms with Crippen molar-refractivity contribution in [2.24, 2.45) is 5.92 Å². The molecule has 1 aromatic heterocycles. The first-order valence-electron chi connectivity index (χ1n) is 11.5. The highest BCUT2D eigenvalue weighted by Crippen LogP contribution is 2.27. The maximum Gasteiger partial charge on any atom is 0.321 e. The molecule has 35 heavy (non-hydrogen) atoms. The van der Waals surface area contributed by atoms with Gasteiger partial charge in [-0.2, -0.15) is 0 Å². The van der Waals surface area contributed by atoms with Crippen molar-refractivity contribution in [3.63, 3.8) is 0 Å². The van der Waals surface area contributed by atoms with E-state index in [0.717, 1.165) is 46.4 Å². The van der Waals surface area contributed by atoms with Gasteiger partial charge in [0.1, 0.15) is 17.3 Å². The van der Waals surface area contributed by atoms with Gasteiger partial charge >= 0.3 is 6.03 Å². The van der Waals surface area contributed by atoms with Crippen molar-refractivity contribution < 1.29 is 9.53 Å². The number of hydrogen-bond acceptors (Lipinski definition) is 3. The number of urea groups is 1. The van der Waals surface area contributed by atoms with Crippen molar-refractivity contribution in [3.05, 3.63) is 89.8 Å². The number of carbonyl (C=O) groups excluding carboxylic acids is 1. The Bertz CT molecular complexity index is 1280. The van der Waals surface area contributed by atoms with Crippen molar-refractivity contribution in [1.29, 1.82) is 0 Å². The molecule has 0 aliphatic heterocycles. The maximum absolute atomic E-state index is 11.9. The van der Waals surface area contributed by atoms with E-state index < -0.39 is 0 Å². The molecule has 7 heteroatoms. The number of ether oxygens (including phenoxy) is 1. The van der Waals surface area contributed by atoms with Crippen LogP contribution in [0.3, 0.4) is 0 Å². The molecule has 0 fully saturated rings. The van der Waals surface area contributed by atoms with Crippen LogP contribution in [0.5, 0.6) is 11.5 Å². The molecule has 6 nitrogen and oxygen atoms in total. The number of hydrogen-bond donors (Lipinski definition) is 1. The van der Waals surface area contributed by atoms with E-state index >= 15 is 0 Å². The van der Waals surface area contributed by atoms with Crippen LogP contribution in [0, 0.1) is 5.92 Å². The molecule has 0 unspecified atom stereocenters. The fraction of sp³-hybridized carbons (Fsp3) is 0.214. The monoisotopic (exact) mass is 488 g/mol. The predicted octanol–water partition coefficient (Wildman–Crippen LogP) is 7.28. The highest BCUT2D eigenvalue weighted by molar-refractivity contribution is 6.30. The van der Waals surface area contributed by atoms with Gasteiger partial charge in [0.2, 0.25) is 0 Å². The molecular weight excluding hydrogens is 460 g/mol. The predicted molar refractivity (Wildman–Crippen MR) is 142 cm³/mol. The van der Waals surface area contributed by atoms with E-state index in [1.165, 1.54) is 4.90 Å². The zero-order valence-corrected chi connectivity index (χ0v) is 21.1. The summed E-state index contributed by atoms with van der Waals surface area (Å²) in [4.78, 5) is 18.3. The van der Waals surface area contributed by atoms with Crippen LogP contribution in [0.4, 0.5) is 10.5 Å². The van der Waals surface area contributed by atoms with E-state index in [0.29, 0.717) is 10.9 Å². The van der Waals surface area contributed by atoms with E-state index in [1.807, 2.05) is 60.7 Å². The molecule has 0 saturated heterocycles. The van der Waals surface area contributed by atoms with Crippen LogP contribution >= 0.6 is 11.6 Å². The third-order valence-corrected chi connectivity index (χ3v) is 5.62. The molecule has 4 aromatic rings. The van der Waals surface area contributed by atoms with Gasteiger partial charge in [0.25, 0.3) is 0 Å². The molecule has 0 aliphatic rings. The first kappa shape index (κ1) is 24.4. The number of imidazole rings is 1. The number of carbonyl (C=O) groups is 1. The number of halogens is 1. The zero-order chi connectivity index (χ0) is 24.9. The summed E-state index contributed by atoms with van der Waals surface area (Å²) in [6.07, 6.45) is 2.90. The van der Waals surface area contributed by atoms with Crippen LogP contribution in [0.2, 0.25) is 5.02 Å². The SMILES string of the molecule is CC(C)Cc1nc(-c2ccc(NC(=O)N(C)C)cc2)cn1-c1ccc(Oc2ccc(Cl)cc2)cc1. The first-order valence-corrected chi connectivity index (χ1v) is 11.9. The maximum atomic E-state index is 11.9. The number of anilines is 1. The third kappa shape index (κ3) is 6.22. The lowest BCUT2D eigenvalue weighted by molar-refractivity contribution is 0.230. The summed E-state index contributed by atoms with van der Waals surface area (Å²) in [7, 11) is 3.42. The molecule has 0 spiro atoms. The van der Waals surface area contributed by atoms with E-state index in [-0.39, 0.29) is 6.03 Å². The number of nitrogens with one attached hydrogen (secondary N) is 1. The smallest absolute Gasteiger partial charge is 0.321 e. The molecule has 0 radical (unpaired) electrons. The number of nitrogens with zero attached hydrogens (tertiary/aromatic N) is 3. The quantitative estimate of drug-likeness (QED) is 0.297. The average Bonchev–Trinajstić information content (AvgIpc) is 3.24. The summed E-state index contributed by atoms with van der Waals surface area (Å²) in [6.45, 7) is 4.37. The van der Waals surface area contributed by atoms with Gasteiger partial charge < -0.3 is 19.5 Å². The minimum Gasteiger partial charge on any atom is -0.457 e. The lowest BCUT2D eigenvalue weighted by atomic mass is 10.1. The molecule has 3 aromatic carbocycles. The van der Waals surface area contributed by atoms with Gasteiger partial charge in [0.05, 0.1) is 5.69 Å². The van der Waals surface area contributed by atoms with Gasteiger partial charge in [-0.15, -0.1) is 0 Å². The summed E-state index contributed by atoms with van der Waals surface area (Å²) < 4.78 is 8.06. The Balaban J connectivity index is 1.57. The van der Waals surface area contributed by atoms with Crippen molar-refractivity contribution in [2.75, 3.05) is 19.4 Å². The van der Waals surface area contributed by atoms with Crippen molar-refractivity contribution >= 4 is 23.3 Å². The van der Waals surface area contributed by atoms with Gasteiger partial charge in [0, 0.05) is 48.7 Å². The Hall–Kier alpha value is -3.77. The highest BCUT2D eigenvalue weighted by atomic mass is 35.5. The summed E-state index contributed by atoms with van der Waals surface area (Å²) in [5, 5.41) is 3.53. The standard InChI is InChI=1S/C28H29ClN4O2/c1-19(2)17-27-31-26(20-5-9-22(10-6-20)30-28(34)32(3)4)18-33(27)23-11-15-25(16-12-23)35-24-13-7-21(29)8-14-24/h5-16,18-19H,17H2,1-4H3,(H,30,34). The van der Waals surface area contributed by atoms with Gasteiger partial charge in [-0.1, -0.05) is 37.6 Å². The molecule has 0 aliphatic carbocycles. The van der Waals surface area contributed by atoms with Crippen LogP contribution in [0.1, 0.15) is 19.7 Å². The summed E-state index contributed by atoms with van der Waals surface area (Å²) in [5.41, 5.74) is 3.62. The Morgan fingerprint density at radius 1 is 0.971 bits per heavy atom. The first-order chi connectivity index (χ1) is 16.8. The van der Waals surface area contributed by atoms with Gasteiger partial charge in [0.15, 0.2) is 0 Å². The third-order valence-electron chi connectivity index (χ3n) is 5.37. The molecule has 0 atom stereocenters. The second kappa shape index (κ2) is 10.7. The Morgan fingerprint density at radius 3 is 2.14 bits per heavy atom. The molecular formula is C28H29ClN4O2. The van der Waals surface area contributed by atoms with Crippen molar-refractivity contribution in [2.45, 2.75) is 20.3 Å². The topological polar surface area (TPSA) is 59.4 Å². The second-order valence-corrected chi connectivity index (χ2v) is 9.40. The van der Waals surface area contributed by atoms with Crippen LogP contribution in [-0.4, -0.2) is 34.6 Å². The number of benzene rings is 3. The minimum absolute atomic E-state index is 0.162. The zero-order valence-electron chi connectivity index (χ0n) is 20.3. The highest BCUT2D eigenvalue weighted by Gasteiger charge is 2.13. The van der Waals surface area contributed by atoms with Crippen LogP contribution in [0.15, 0.2) is 79.0 Å². The van der Waals surface area contributed by atoms with Gasteiger partial charge in [-0.05, 0) is 66.6 Å². The van der Waals surface area contributed by atoms with Crippen LogP contribution in [-0.2, 0) is 6.42 Å². The number of aromatic nitrogens is 2. The molecule has 180 valence electrons. The fourth-order valence-electron chi connectivity index (χ4n) is 3.56. The van der Waals surface area contributed by atoms with E-state index in [1.54, 1.807) is 26.2 Å². The minimum atomic E-state index is -0.162. The molecule has 0 bridgehead atoms.